The van der Waals surface area contributed by atoms with Gasteiger partial charge in [-0.3, -0.25) is 4.79 Å². The number of benzene rings is 1. The van der Waals surface area contributed by atoms with Crippen molar-refractivity contribution >= 4 is 11.9 Å². The van der Waals surface area contributed by atoms with Gasteiger partial charge in [0.05, 0.1) is 19.3 Å². The fourth-order valence-corrected chi connectivity index (χ4v) is 3.18. The first-order chi connectivity index (χ1) is 12.5. The molecule has 1 aliphatic carbocycles. The number of carbonyl (C=O) groups is 2. The van der Waals surface area contributed by atoms with Gasteiger partial charge >= 0.3 is 5.97 Å². The SMILES string of the molecule is CCOc1cc(C(=O)OC(C)C(=O)NC2CCCCC2C)ccc1OC. The van der Waals surface area contributed by atoms with Gasteiger partial charge in [-0.1, -0.05) is 19.8 Å². The van der Waals surface area contributed by atoms with E-state index in [1.165, 1.54) is 13.5 Å². The fraction of sp³-hybridized carbons (Fsp3) is 0.600. The third-order valence-electron chi connectivity index (χ3n) is 4.79. The van der Waals surface area contributed by atoms with Crippen molar-refractivity contribution in [3.05, 3.63) is 23.8 Å². The highest BCUT2D eigenvalue weighted by Crippen LogP contribution is 2.28. The summed E-state index contributed by atoms with van der Waals surface area (Å²) in [6.45, 7) is 6.04. The Morgan fingerprint density at radius 1 is 1.23 bits per heavy atom. The molecule has 0 spiro atoms. The zero-order chi connectivity index (χ0) is 19.1. The Morgan fingerprint density at radius 3 is 2.62 bits per heavy atom. The van der Waals surface area contributed by atoms with Crippen LogP contribution in [0.4, 0.5) is 0 Å². The molecule has 144 valence electrons. The number of esters is 1. The van der Waals surface area contributed by atoms with Crippen molar-refractivity contribution in [3.63, 3.8) is 0 Å². The van der Waals surface area contributed by atoms with Crippen LogP contribution < -0.4 is 14.8 Å². The average Bonchev–Trinajstić information content (AvgIpc) is 2.63. The Labute approximate surface area is 155 Å². The second kappa shape index (κ2) is 9.46. The lowest BCUT2D eigenvalue weighted by Crippen LogP contribution is -2.45. The predicted octanol–water partition coefficient (Wildman–Crippen LogP) is 3.33. The normalized spacial score (nSPS) is 20.8. The van der Waals surface area contributed by atoms with E-state index in [9.17, 15) is 9.59 Å². The van der Waals surface area contributed by atoms with Gasteiger partial charge in [-0.05, 0) is 50.8 Å². The van der Waals surface area contributed by atoms with Crippen molar-refractivity contribution in [2.24, 2.45) is 5.92 Å². The molecule has 1 aromatic carbocycles. The van der Waals surface area contributed by atoms with Crippen molar-refractivity contribution < 1.29 is 23.8 Å². The zero-order valence-electron chi connectivity index (χ0n) is 16.0. The molecule has 0 heterocycles. The van der Waals surface area contributed by atoms with Crippen molar-refractivity contribution in [2.45, 2.75) is 58.6 Å². The summed E-state index contributed by atoms with van der Waals surface area (Å²) in [5.41, 5.74) is 0.319. The Balaban J connectivity index is 1.97. The van der Waals surface area contributed by atoms with Crippen LogP contribution >= 0.6 is 0 Å². The Morgan fingerprint density at radius 2 is 1.96 bits per heavy atom. The van der Waals surface area contributed by atoms with E-state index in [0.29, 0.717) is 29.6 Å². The van der Waals surface area contributed by atoms with Crippen molar-refractivity contribution in [2.75, 3.05) is 13.7 Å². The van der Waals surface area contributed by atoms with E-state index in [-0.39, 0.29) is 11.9 Å². The molecule has 6 heteroatoms. The van der Waals surface area contributed by atoms with E-state index < -0.39 is 12.1 Å². The molecule has 0 aliphatic heterocycles. The second-order valence-electron chi connectivity index (χ2n) is 6.72. The predicted molar refractivity (Wildman–Crippen MR) is 98.6 cm³/mol. The van der Waals surface area contributed by atoms with Gasteiger partial charge in [0.1, 0.15) is 0 Å². The topological polar surface area (TPSA) is 73.9 Å². The van der Waals surface area contributed by atoms with E-state index in [1.807, 2.05) is 6.92 Å². The molecule has 1 saturated carbocycles. The molecule has 1 N–H and O–H groups in total. The standard InChI is InChI=1S/C20H29NO5/c1-5-25-18-12-15(10-11-17(18)24-4)20(23)26-14(3)19(22)21-16-9-7-6-8-13(16)2/h10-14,16H,5-9H2,1-4H3,(H,21,22). The number of hydrogen-bond acceptors (Lipinski definition) is 5. The molecule has 0 aromatic heterocycles. The van der Waals surface area contributed by atoms with Gasteiger partial charge in [0.15, 0.2) is 17.6 Å². The molecule has 0 saturated heterocycles. The van der Waals surface area contributed by atoms with E-state index in [4.69, 9.17) is 14.2 Å². The minimum atomic E-state index is -0.853. The number of amides is 1. The highest BCUT2D eigenvalue weighted by molar-refractivity contribution is 5.92. The molecule has 26 heavy (non-hydrogen) atoms. The van der Waals surface area contributed by atoms with Crippen LogP contribution in [0.1, 0.15) is 56.8 Å². The molecule has 1 aliphatic rings. The first-order valence-electron chi connectivity index (χ1n) is 9.28. The van der Waals surface area contributed by atoms with Crippen LogP contribution in [0.2, 0.25) is 0 Å². The minimum absolute atomic E-state index is 0.156. The molecule has 1 fully saturated rings. The van der Waals surface area contributed by atoms with E-state index in [0.717, 1.165) is 19.3 Å². The molecule has 3 unspecified atom stereocenters. The Kier molecular flexibility index (Phi) is 7.30. The van der Waals surface area contributed by atoms with Gasteiger partial charge in [-0.15, -0.1) is 0 Å². The molecule has 0 radical (unpaired) electrons. The lowest BCUT2D eigenvalue weighted by Gasteiger charge is -2.30. The van der Waals surface area contributed by atoms with Crippen LogP contribution in [0.15, 0.2) is 18.2 Å². The summed E-state index contributed by atoms with van der Waals surface area (Å²) in [7, 11) is 1.54. The summed E-state index contributed by atoms with van der Waals surface area (Å²) in [5.74, 6) is 0.646. The average molecular weight is 363 g/mol. The summed E-state index contributed by atoms with van der Waals surface area (Å²) in [4.78, 5) is 24.7. The number of rotatable bonds is 7. The quantitative estimate of drug-likeness (QED) is 0.752. The summed E-state index contributed by atoms with van der Waals surface area (Å²) in [5, 5.41) is 3.01. The molecule has 1 aromatic rings. The lowest BCUT2D eigenvalue weighted by atomic mass is 9.86. The van der Waals surface area contributed by atoms with Crippen LogP contribution in [-0.2, 0) is 9.53 Å². The van der Waals surface area contributed by atoms with Crippen LogP contribution in [0.25, 0.3) is 0 Å². The Hall–Kier alpha value is -2.24. The van der Waals surface area contributed by atoms with E-state index in [1.54, 1.807) is 25.1 Å². The maximum Gasteiger partial charge on any atom is 0.339 e. The maximum absolute atomic E-state index is 12.4. The van der Waals surface area contributed by atoms with Gasteiger partial charge in [0, 0.05) is 6.04 Å². The lowest BCUT2D eigenvalue weighted by molar-refractivity contribution is -0.130. The Bertz CT molecular complexity index is 631. The monoisotopic (exact) mass is 363 g/mol. The van der Waals surface area contributed by atoms with Crippen molar-refractivity contribution in [1.82, 2.24) is 5.32 Å². The van der Waals surface area contributed by atoms with Gasteiger partial charge in [0.2, 0.25) is 0 Å². The first kappa shape index (κ1) is 20.1. The van der Waals surface area contributed by atoms with Crippen LogP contribution in [0, 0.1) is 5.92 Å². The summed E-state index contributed by atoms with van der Waals surface area (Å²) in [6.07, 6.45) is 3.57. The first-order valence-corrected chi connectivity index (χ1v) is 9.28. The zero-order valence-corrected chi connectivity index (χ0v) is 16.0. The van der Waals surface area contributed by atoms with Crippen molar-refractivity contribution in [1.29, 1.82) is 0 Å². The fourth-order valence-electron chi connectivity index (χ4n) is 3.18. The summed E-state index contributed by atoms with van der Waals surface area (Å²) < 4.78 is 16.0. The number of hydrogen-bond donors (Lipinski definition) is 1. The second-order valence-corrected chi connectivity index (χ2v) is 6.72. The smallest absolute Gasteiger partial charge is 0.339 e. The van der Waals surface area contributed by atoms with Crippen LogP contribution in [0.3, 0.4) is 0 Å². The number of nitrogens with one attached hydrogen (secondary N) is 1. The summed E-state index contributed by atoms with van der Waals surface area (Å²) in [6, 6.07) is 4.97. The number of methoxy groups -OCH3 is 1. The van der Waals surface area contributed by atoms with Crippen molar-refractivity contribution in [3.8, 4) is 11.5 Å². The molecule has 1 amide bonds. The molecular formula is C20H29NO5. The number of ether oxygens (including phenoxy) is 3. The minimum Gasteiger partial charge on any atom is -0.493 e. The molecule has 6 nitrogen and oxygen atoms in total. The van der Waals surface area contributed by atoms with E-state index in [2.05, 4.69) is 12.2 Å². The molecule has 2 rings (SSSR count). The third kappa shape index (κ3) is 5.13. The molecule has 3 atom stereocenters. The van der Waals surface area contributed by atoms with Gasteiger partial charge in [0.25, 0.3) is 5.91 Å². The van der Waals surface area contributed by atoms with Gasteiger partial charge in [-0.25, -0.2) is 4.79 Å². The number of carbonyl (C=O) groups excluding carboxylic acids is 2. The highest BCUT2D eigenvalue weighted by Gasteiger charge is 2.26. The van der Waals surface area contributed by atoms with Gasteiger partial charge in [-0.2, -0.15) is 0 Å². The third-order valence-corrected chi connectivity index (χ3v) is 4.79. The molecular weight excluding hydrogens is 334 g/mol. The maximum atomic E-state index is 12.4. The summed E-state index contributed by atoms with van der Waals surface area (Å²) >= 11 is 0. The van der Waals surface area contributed by atoms with E-state index >= 15 is 0 Å². The van der Waals surface area contributed by atoms with Crippen LogP contribution in [-0.4, -0.2) is 37.7 Å². The molecule has 0 bridgehead atoms. The largest absolute Gasteiger partial charge is 0.493 e. The van der Waals surface area contributed by atoms with Crippen LogP contribution in [0.5, 0.6) is 11.5 Å². The highest BCUT2D eigenvalue weighted by atomic mass is 16.5. The van der Waals surface area contributed by atoms with Gasteiger partial charge < -0.3 is 19.5 Å².